The molecular weight excluding hydrogens is 492 g/mol. The summed E-state index contributed by atoms with van der Waals surface area (Å²) >= 11 is 6.40. The van der Waals surface area contributed by atoms with E-state index in [1.807, 2.05) is 6.07 Å². The Labute approximate surface area is 207 Å². The van der Waals surface area contributed by atoms with Crippen molar-refractivity contribution in [2.45, 2.75) is 44.0 Å². The summed E-state index contributed by atoms with van der Waals surface area (Å²) in [7, 11) is -3.40. The summed E-state index contributed by atoms with van der Waals surface area (Å²) in [6.07, 6.45) is 4.69. The maximum absolute atomic E-state index is 13.3. The minimum Gasteiger partial charge on any atom is -0.373 e. The lowest BCUT2D eigenvalue weighted by Gasteiger charge is -2.35. The monoisotopic (exact) mass is 517 g/mol. The average molecular weight is 518 g/mol. The van der Waals surface area contributed by atoms with Crippen molar-refractivity contribution in [3.63, 3.8) is 0 Å². The second kappa shape index (κ2) is 8.98. The Morgan fingerprint density at radius 3 is 2.60 bits per heavy atom. The van der Waals surface area contributed by atoms with Crippen molar-refractivity contribution in [1.82, 2.24) is 24.1 Å². The van der Waals surface area contributed by atoms with Crippen molar-refractivity contribution < 1.29 is 18.1 Å². The third kappa shape index (κ3) is 4.68. The van der Waals surface area contributed by atoms with Gasteiger partial charge in [0, 0.05) is 42.2 Å². The molecule has 4 heterocycles. The van der Waals surface area contributed by atoms with Crippen LogP contribution in [0, 0.1) is 0 Å². The first-order chi connectivity index (χ1) is 16.6. The van der Waals surface area contributed by atoms with Gasteiger partial charge in [-0.05, 0) is 47.7 Å². The lowest BCUT2D eigenvalue weighted by Crippen LogP contribution is -2.44. The van der Waals surface area contributed by atoms with Gasteiger partial charge in [-0.25, -0.2) is 23.2 Å². The molecule has 1 saturated heterocycles. The molecule has 1 aliphatic heterocycles. The fourth-order valence-electron chi connectivity index (χ4n) is 4.66. The molecule has 35 heavy (non-hydrogen) atoms. The number of ether oxygens (including phenoxy) is 1. The Kier molecular flexibility index (Phi) is 6.12. The summed E-state index contributed by atoms with van der Waals surface area (Å²) in [6, 6.07) is 6.52. The van der Waals surface area contributed by atoms with Crippen LogP contribution < -0.4 is 10.7 Å². The molecule has 1 aromatic carbocycles. The number of nitrogens with one attached hydrogen (secondary N) is 1. The quantitative estimate of drug-likeness (QED) is 0.395. The Morgan fingerprint density at radius 1 is 1.17 bits per heavy atom. The fraction of sp³-hybridized carbons (Fsp3) is 0.391. The van der Waals surface area contributed by atoms with E-state index >= 15 is 0 Å². The van der Waals surface area contributed by atoms with Crippen LogP contribution in [0.4, 0.5) is 0 Å². The van der Waals surface area contributed by atoms with E-state index in [0.717, 1.165) is 30.3 Å². The predicted molar refractivity (Wildman–Crippen MR) is 130 cm³/mol. The molecule has 2 atom stereocenters. The zero-order valence-electron chi connectivity index (χ0n) is 19.6. The van der Waals surface area contributed by atoms with E-state index in [9.17, 15) is 13.2 Å². The van der Waals surface area contributed by atoms with Crippen LogP contribution in [0.1, 0.15) is 25.0 Å². The predicted octanol–water partition coefficient (Wildman–Crippen LogP) is 1.57. The number of hydrogen-bond donors (Lipinski definition) is 0. The molecule has 12 heteroatoms. The van der Waals surface area contributed by atoms with Gasteiger partial charge in [0.15, 0.2) is 15.5 Å². The SMILES string of the molecule is C[C@@H]1CN(Cc2cnc3c(c2)c2[nH+]cnn2c(=O)n3Cc2ccc(S(C)(=O)=O)cc2Cl)C[C@H](C)O1. The van der Waals surface area contributed by atoms with Crippen LogP contribution in [0.25, 0.3) is 16.7 Å². The summed E-state index contributed by atoms with van der Waals surface area (Å²) in [5, 5.41) is 5.17. The van der Waals surface area contributed by atoms with Gasteiger partial charge < -0.3 is 4.74 Å². The zero-order chi connectivity index (χ0) is 24.9. The second-order valence-corrected chi connectivity index (χ2v) is 11.5. The molecule has 3 aromatic heterocycles. The van der Waals surface area contributed by atoms with E-state index < -0.39 is 9.84 Å². The van der Waals surface area contributed by atoms with Crippen LogP contribution in [-0.2, 0) is 27.7 Å². The number of hydrogen-bond acceptors (Lipinski definition) is 7. The molecule has 1 fully saturated rings. The molecule has 0 aliphatic carbocycles. The highest BCUT2D eigenvalue weighted by atomic mass is 35.5. The highest BCUT2D eigenvalue weighted by Gasteiger charge is 2.24. The van der Waals surface area contributed by atoms with E-state index in [2.05, 4.69) is 33.8 Å². The van der Waals surface area contributed by atoms with Gasteiger partial charge in [0.2, 0.25) is 0 Å². The molecule has 0 saturated carbocycles. The minimum atomic E-state index is -3.40. The first kappa shape index (κ1) is 23.9. The van der Waals surface area contributed by atoms with E-state index in [-0.39, 0.29) is 34.4 Å². The Hall–Kier alpha value is -2.86. The smallest absolute Gasteiger partial charge is 0.373 e. The number of aromatic nitrogens is 5. The van der Waals surface area contributed by atoms with Gasteiger partial charge >= 0.3 is 5.69 Å². The zero-order valence-corrected chi connectivity index (χ0v) is 21.2. The molecule has 10 nitrogen and oxygen atoms in total. The summed E-state index contributed by atoms with van der Waals surface area (Å²) in [6.45, 7) is 6.62. The molecule has 5 rings (SSSR count). The summed E-state index contributed by atoms with van der Waals surface area (Å²) in [4.78, 5) is 23.4. The topological polar surface area (TPSA) is 113 Å². The number of nitrogens with zero attached hydrogens (tertiary/aromatic N) is 5. The number of sulfone groups is 1. The summed E-state index contributed by atoms with van der Waals surface area (Å²) in [5.74, 6) is 0. The fourth-order valence-corrected chi connectivity index (χ4v) is 5.61. The number of aromatic amines is 1. The molecule has 0 unspecified atom stereocenters. The maximum Gasteiger partial charge on any atom is 0.425 e. The van der Waals surface area contributed by atoms with Crippen molar-refractivity contribution in [3.8, 4) is 0 Å². The van der Waals surface area contributed by atoms with Crippen LogP contribution >= 0.6 is 11.6 Å². The Morgan fingerprint density at radius 2 is 1.91 bits per heavy atom. The molecule has 0 spiro atoms. The maximum atomic E-state index is 13.3. The normalized spacial score (nSPS) is 19.5. The number of rotatable bonds is 5. The number of H-pyrrole nitrogens is 1. The number of morpholine rings is 1. The Bertz CT molecular complexity index is 1590. The van der Waals surface area contributed by atoms with Crippen molar-refractivity contribution >= 4 is 38.1 Å². The number of pyridine rings is 1. The van der Waals surface area contributed by atoms with Gasteiger partial charge in [-0.15, -0.1) is 0 Å². The lowest BCUT2D eigenvalue weighted by molar-refractivity contribution is -0.345. The summed E-state index contributed by atoms with van der Waals surface area (Å²) < 4.78 is 32.4. The molecule has 4 aromatic rings. The van der Waals surface area contributed by atoms with Crippen LogP contribution in [0.2, 0.25) is 5.02 Å². The van der Waals surface area contributed by atoms with Gasteiger partial charge in [0.05, 0.1) is 29.0 Å². The standard InChI is InChI=1S/C23H25ClN6O4S/c1-14-9-28(10-15(2)34-14)11-16-6-19-21(25-8-16)29(23(31)30-22(19)26-13-27-30)12-17-4-5-18(7-20(17)24)35(3,32)33/h4-8,13-15H,9-12H2,1-3H3/p+1/t14-,15+. The second-order valence-electron chi connectivity index (χ2n) is 9.11. The van der Waals surface area contributed by atoms with Crippen LogP contribution in [0.3, 0.4) is 0 Å². The number of benzene rings is 1. The van der Waals surface area contributed by atoms with E-state index in [1.165, 1.54) is 27.5 Å². The molecule has 184 valence electrons. The average Bonchev–Trinajstić information content (AvgIpc) is 3.27. The van der Waals surface area contributed by atoms with Crippen LogP contribution in [0.15, 0.2) is 46.5 Å². The van der Waals surface area contributed by atoms with Crippen molar-refractivity contribution in [1.29, 1.82) is 0 Å². The molecule has 1 N–H and O–H groups in total. The van der Waals surface area contributed by atoms with E-state index in [4.69, 9.17) is 16.3 Å². The van der Waals surface area contributed by atoms with Crippen molar-refractivity contribution in [2.24, 2.45) is 0 Å². The first-order valence-corrected chi connectivity index (χ1v) is 13.5. The largest absolute Gasteiger partial charge is 0.425 e. The third-order valence-corrected chi connectivity index (χ3v) is 7.58. The van der Waals surface area contributed by atoms with Crippen molar-refractivity contribution in [2.75, 3.05) is 19.3 Å². The molecule has 1 aliphatic rings. The van der Waals surface area contributed by atoms with E-state index in [0.29, 0.717) is 23.4 Å². The van der Waals surface area contributed by atoms with Crippen LogP contribution in [0.5, 0.6) is 0 Å². The first-order valence-electron chi connectivity index (χ1n) is 11.2. The molecule has 0 amide bonds. The van der Waals surface area contributed by atoms with Gasteiger partial charge in [-0.1, -0.05) is 17.7 Å². The van der Waals surface area contributed by atoms with Gasteiger partial charge in [-0.3, -0.25) is 9.47 Å². The lowest BCUT2D eigenvalue weighted by atomic mass is 10.1. The van der Waals surface area contributed by atoms with Crippen molar-refractivity contribution in [3.05, 3.63) is 63.4 Å². The Balaban J connectivity index is 1.57. The molecule has 0 radical (unpaired) electrons. The minimum absolute atomic E-state index is 0.110. The van der Waals surface area contributed by atoms with Gasteiger partial charge in [0.1, 0.15) is 0 Å². The van der Waals surface area contributed by atoms with Gasteiger partial charge in [0.25, 0.3) is 12.0 Å². The summed E-state index contributed by atoms with van der Waals surface area (Å²) in [5.41, 5.74) is 2.26. The number of halogens is 1. The highest BCUT2D eigenvalue weighted by molar-refractivity contribution is 7.90. The highest BCUT2D eigenvalue weighted by Crippen LogP contribution is 2.24. The number of fused-ring (bicyclic) bond motifs is 3. The van der Waals surface area contributed by atoms with Crippen LogP contribution in [-0.4, -0.2) is 64.0 Å². The third-order valence-electron chi connectivity index (χ3n) is 6.12. The molecular formula is C23H26ClN6O4S+. The van der Waals surface area contributed by atoms with E-state index in [1.54, 1.807) is 12.3 Å². The van der Waals surface area contributed by atoms with Gasteiger partial charge in [-0.2, -0.15) is 0 Å². The molecule has 0 bridgehead atoms.